The summed E-state index contributed by atoms with van der Waals surface area (Å²) in [6.07, 6.45) is -6.15. The molecule has 12 atom stereocenters. The van der Waals surface area contributed by atoms with E-state index in [1.54, 1.807) is 0 Å². The smallest absolute Gasteiger partial charge is 0.330 e. The molecule has 3 fully saturated rings. The van der Waals surface area contributed by atoms with E-state index in [0.29, 0.717) is 0 Å². The number of aromatic nitrogens is 10. The van der Waals surface area contributed by atoms with Crippen LogP contribution in [0.15, 0.2) is 38.0 Å². The number of imidazole rings is 2. The minimum absolute atomic E-state index is 0.0150. The molecule has 3 aliphatic rings. The van der Waals surface area contributed by atoms with Crippen molar-refractivity contribution in [3.63, 3.8) is 0 Å². The van der Waals surface area contributed by atoms with Crippen molar-refractivity contribution in [2.45, 2.75) is 95.3 Å². The Morgan fingerprint density at radius 1 is 0.696 bits per heavy atom. The van der Waals surface area contributed by atoms with Crippen molar-refractivity contribution in [2.75, 3.05) is 37.9 Å². The van der Waals surface area contributed by atoms with E-state index in [2.05, 4.69) is 34.9 Å². The molecule has 3 saturated heterocycles. The van der Waals surface area contributed by atoms with Gasteiger partial charge in [0.1, 0.15) is 37.0 Å². The number of fused-ring (bicyclic) bond motifs is 2. The van der Waals surface area contributed by atoms with E-state index in [-0.39, 0.29) is 71.6 Å². The number of hydrogen-bond acceptors (Lipinski definition) is 23. The molecule has 0 aliphatic carbocycles. The maximum Gasteiger partial charge on any atom is 0.330 e. The lowest BCUT2D eigenvalue weighted by Crippen LogP contribution is -2.33. The van der Waals surface area contributed by atoms with E-state index in [1.807, 2.05) is 13.8 Å². The largest absolute Gasteiger partial charge is 0.394 e. The Bertz CT molecular complexity index is 3110. The van der Waals surface area contributed by atoms with Crippen LogP contribution in [0.3, 0.4) is 0 Å². The van der Waals surface area contributed by atoms with Crippen molar-refractivity contribution in [3.05, 3.63) is 66.0 Å². The van der Waals surface area contributed by atoms with Crippen LogP contribution < -0.4 is 33.8 Å². The number of hydrogen-bond donors (Lipinski definition) is 9. The number of rotatable bonds is 19. The summed E-state index contributed by atoms with van der Waals surface area (Å²) in [5.41, 5.74) is 9.23. The highest BCUT2D eigenvalue weighted by Gasteiger charge is 2.46. The molecular weight excluding hydrogens is 1040 g/mol. The Labute approximate surface area is 403 Å². The number of anilines is 2. The molecule has 5 aromatic rings. The van der Waals surface area contributed by atoms with Gasteiger partial charge in [0.15, 0.2) is 22.3 Å². The lowest BCUT2D eigenvalue weighted by Gasteiger charge is -2.27. The summed E-state index contributed by atoms with van der Waals surface area (Å²) in [6, 6.07) is 0. The molecule has 69 heavy (non-hydrogen) atoms. The number of nitrogens with zero attached hydrogens (tertiary/aromatic N) is 7. The summed E-state index contributed by atoms with van der Waals surface area (Å²) in [6.45, 7) is -8.94. The van der Waals surface area contributed by atoms with Crippen LogP contribution >= 0.6 is 20.2 Å². The van der Waals surface area contributed by atoms with Gasteiger partial charge in [-0.1, -0.05) is 13.8 Å². The normalized spacial score (nSPS) is 27.9. The SMILES string of the molecule is Cc1cn([C@H]2CC(OP(O)(=S)OCC(C)C)[C@@H](COP(O)(=S)OC3C[C@H](n4cnc5c(=O)[nH]c(N)nc54)O[C@@H]3COP(O)(=S)OC3C[C@H](n4cnc5c(=O)[nH]c(N)nc54)O[C@@H]3CO)O2)c(=O)[nH]c1=O. The molecule has 11 N–H and O–H groups in total. The van der Waals surface area contributed by atoms with Crippen molar-refractivity contribution in [1.29, 1.82) is 0 Å². The standard InChI is InChI=1S/C34H47N12O17P3S3/c1-14(2)9-55-64(52,67)62-17-5-22(44-7-15(3)29(48)43-34(44)51)59-20(17)10-57-66(54,69)63-18-6-24(46-13-38-26-28(46)40-33(36)42-31(26)50)60-21(18)11-56-65(53,68)61-16-4-23(58-19(16)8-47)45-12-37-25-27(45)39-32(35)41-30(25)49/h7,12-14,16-24,47H,4-6,8-11H2,1-3H3,(H,52,67)(H,53,68)(H,54,69)(H,43,48,51)(H3,35,39,41,49)(H3,36,40,42,50)/t16?,17?,18?,19-,20-,21-,22-,23-,24-,64?,65?,66?/m1/s1. The maximum absolute atomic E-state index is 12.8. The van der Waals surface area contributed by atoms with Crippen LogP contribution in [0, 0.1) is 12.8 Å². The first-order valence-electron chi connectivity index (χ1n) is 20.8. The van der Waals surface area contributed by atoms with Crippen molar-refractivity contribution in [3.8, 4) is 0 Å². The van der Waals surface area contributed by atoms with Crippen LogP contribution in [-0.2, 0) is 76.8 Å². The first kappa shape index (κ1) is 51.8. The number of aliphatic hydroxyl groups is 1. The van der Waals surface area contributed by atoms with E-state index < -0.39 is 118 Å². The molecule has 35 heteroatoms. The first-order valence-corrected chi connectivity index (χ1v) is 28.6. The molecule has 0 saturated carbocycles. The molecule has 0 aromatic carbocycles. The number of aromatic amines is 3. The van der Waals surface area contributed by atoms with Gasteiger partial charge < -0.3 is 72.6 Å². The van der Waals surface area contributed by atoms with Gasteiger partial charge in [0.2, 0.25) is 11.9 Å². The van der Waals surface area contributed by atoms with Crippen LogP contribution in [0.5, 0.6) is 0 Å². The van der Waals surface area contributed by atoms with Crippen LogP contribution in [0.1, 0.15) is 57.4 Å². The molecule has 8 heterocycles. The van der Waals surface area contributed by atoms with Gasteiger partial charge in [-0.25, -0.2) is 14.8 Å². The van der Waals surface area contributed by atoms with Gasteiger partial charge in [0.05, 0.1) is 57.4 Å². The van der Waals surface area contributed by atoms with E-state index >= 15 is 0 Å². The van der Waals surface area contributed by atoms with Crippen molar-refractivity contribution in [2.24, 2.45) is 5.92 Å². The Morgan fingerprint density at radius 3 is 1.57 bits per heavy atom. The highest BCUT2D eigenvalue weighted by atomic mass is 32.5. The molecule has 0 amide bonds. The molecule has 5 aromatic heterocycles. The third-order valence-electron chi connectivity index (χ3n) is 10.9. The minimum Gasteiger partial charge on any atom is -0.394 e. The maximum atomic E-state index is 12.8. The highest BCUT2D eigenvalue weighted by molar-refractivity contribution is 8.07. The first-order chi connectivity index (χ1) is 32.5. The zero-order valence-corrected chi connectivity index (χ0v) is 41.5. The second kappa shape index (κ2) is 20.5. The number of aryl methyl sites for hydroxylation is 1. The van der Waals surface area contributed by atoms with Gasteiger partial charge in [-0.2, -0.15) is 9.97 Å². The zero-order valence-electron chi connectivity index (χ0n) is 36.4. The Hall–Kier alpha value is -3.59. The van der Waals surface area contributed by atoms with Gasteiger partial charge in [0.25, 0.3) is 16.7 Å². The number of H-pyrrole nitrogens is 3. The average molecular weight is 1080 g/mol. The Kier molecular flexibility index (Phi) is 15.4. The fraction of sp³-hybridized carbons (Fsp3) is 0.588. The highest BCUT2D eigenvalue weighted by Crippen LogP contribution is 2.54. The lowest BCUT2D eigenvalue weighted by molar-refractivity contribution is -0.0538. The van der Waals surface area contributed by atoms with Crippen LogP contribution in [0.4, 0.5) is 11.9 Å². The predicted molar refractivity (Wildman–Crippen MR) is 251 cm³/mol. The predicted octanol–water partition coefficient (Wildman–Crippen LogP) is -0.358. The fourth-order valence-corrected chi connectivity index (χ4v) is 12.3. The van der Waals surface area contributed by atoms with E-state index in [0.717, 1.165) is 4.57 Å². The Balaban J connectivity index is 0.990. The van der Waals surface area contributed by atoms with Crippen LogP contribution in [-0.4, -0.2) is 131 Å². The summed E-state index contributed by atoms with van der Waals surface area (Å²) in [5.74, 6) is -0.397. The van der Waals surface area contributed by atoms with Crippen LogP contribution in [0.2, 0.25) is 0 Å². The summed E-state index contributed by atoms with van der Waals surface area (Å²) >= 11 is 16.1. The van der Waals surface area contributed by atoms with Crippen LogP contribution in [0.25, 0.3) is 22.3 Å². The van der Waals surface area contributed by atoms with Gasteiger partial charge in [-0.15, -0.1) is 0 Å². The number of nitrogens with two attached hydrogens (primary N) is 2. The lowest BCUT2D eigenvalue weighted by atomic mass is 10.2. The molecule has 8 rings (SSSR count). The third-order valence-corrected chi connectivity index (χ3v) is 15.6. The van der Waals surface area contributed by atoms with E-state index in [4.69, 9.17) is 88.2 Å². The fourth-order valence-electron chi connectivity index (χ4n) is 7.70. The van der Waals surface area contributed by atoms with Gasteiger partial charge >= 0.3 is 25.8 Å². The molecule has 0 radical (unpaired) electrons. The zero-order chi connectivity index (χ0) is 49.7. The molecule has 29 nitrogen and oxygen atoms in total. The monoisotopic (exact) mass is 1080 g/mol. The number of nitrogen functional groups attached to an aromatic ring is 2. The summed E-state index contributed by atoms with van der Waals surface area (Å²) < 4.78 is 57.1. The summed E-state index contributed by atoms with van der Waals surface area (Å²) in [5, 5.41) is 10.2. The number of aliphatic hydroxyl groups excluding tert-OH is 1. The number of ether oxygens (including phenoxy) is 3. The molecular formula is C34H47N12O17P3S3. The third kappa shape index (κ3) is 11.9. The van der Waals surface area contributed by atoms with Crippen molar-refractivity contribution in [1.82, 2.24) is 48.6 Å². The second-order valence-corrected chi connectivity index (χ2v) is 24.8. The average Bonchev–Trinajstić information content (AvgIpc) is 4.10. The molecule has 6 unspecified atom stereocenters. The van der Waals surface area contributed by atoms with Gasteiger partial charge in [0, 0.05) is 31.0 Å². The Morgan fingerprint density at radius 2 is 1.12 bits per heavy atom. The molecule has 0 spiro atoms. The molecule has 378 valence electrons. The molecule has 3 aliphatic heterocycles. The minimum atomic E-state index is -4.35. The number of nitrogens with one attached hydrogen (secondary N) is 3. The summed E-state index contributed by atoms with van der Waals surface area (Å²) in [7, 11) is 0. The van der Waals surface area contributed by atoms with Gasteiger partial charge in [-0.05, 0) is 48.3 Å². The van der Waals surface area contributed by atoms with Gasteiger partial charge in [-0.3, -0.25) is 43.0 Å². The second-order valence-electron chi connectivity index (χ2n) is 16.4. The van der Waals surface area contributed by atoms with Crippen molar-refractivity contribution >= 4 is 89.8 Å². The van der Waals surface area contributed by atoms with Crippen molar-refractivity contribution < 1.29 is 61.1 Å². The van der Waals surface area contributed by atoms with E-state index in [9.17, 15) is 39.0 Å². The topological polar surface area (TPSA) is 398 Å². The molecule has 0 bridgehead atoms. The summed E-state index contributed by atoms with van der Waals surface area (Å²) in [4.78, 5) is 107. The quantitative estimate of drug-likeness (QED) is 0.0477. The van der Waals surface area contributed by atoms with E-state index in [1.165, 1.54) is 34.9 Å².